The van der Waals surface area contributed by atoms with Crippen molar-refractivity contribution in [2.45, 2.75) is 0 Å². The van der Waals surface area contributed by atoms with Crippen LogP contribution in [0.1, 0.15) is 10.4 Å². The Morgan fingerprint density at radius 1 is 1.29 bits per heavy atom. The molecule has 4 nitrogen and oxygen atoms in total. The minimum atomic E-state index is -0.104. The molecule has 0 radical (unpaired) electrons. The average Bonchev–Trinajstić information content (AvgIpc) is 2.45. The van der Waals surface area contributed by atoms with Gasteiger partial charge in [0.1, 0.15) is 5.70 Å². The van der Waals surface area contributed by atoms with Crippen LogP contribution >= 0.6 is 23.2 Å². The van der Waals surface area contributed by atoms with Gasteiger partial charge in [0.2, 0.25) is 5.78 Å². The maximum atomic E-state index is 12.8. The maximum absolute atomic E-state index is 12.8. The van der Waals surface area contributed by atoms with E-state index < -0.39 is 0 Å². The van der Waals surface area contributed by atoms with E-state index >= 15 is 0 Å². The third-order valence-electron chi connectivity index (χ3n) is 3.14. The Kier molecular flexibility index (Phi) is 5.51. The van der Waals surface area contributed by atoms with Crippen LogP contribution < -0.4 is 0 Å². The lowest BCUT2D eigenvalue weighted by molar-refractivity contribution is 0.0500. The third-order valence-corrected chi connectivity index (χ3v) is 3.69. The van der Waals surface area contributed by atoms with Crippen LogP contribution in [0.15, 0.2) is 30.1 Å². The number of morpholine rings is 1. The van der Waals surface area contributed by atoms with Crippen LogP contribution in [0.4, 0.5) is 0 Å². The zero-order chi connectivity index (χ0) is 15.4. The van der Waals surface area contributed by atoms with Crippen molar-refractivity contribution in [3.05, 3.63) is 45.7 Å². The van der Waals surface area contributed by atoms with Gasteiger partial charge in [-0.2, -0.15) is 0 Å². The second-order valence-electron chi connectivity index (χ2n) is 5.03. The van der Waals surface area contributed by atoms with Gasteiger partial charge in [0.05, 0.1) is 18.2 Å². The van der Waals surface area contributed by atoms with Crippen molar-refractivity contribution in [3.63, 3.8) is 0 Å². The van der Waals surface area contributed by atoms with E-state index in [0.29, 0.717) is 47.6 Å². The molecule has 0 aliphatic carbocycles. The molecule has 6 heteroatoms. The number of hydrogen-bond acceptors (Lipinski definition) is 4. The molecule has 2 rings (SSSR count). The SMILES string of the molecule is CN(C)C=C(C(=O)c1ccc(Cl)cc1Cl)N1CCOCC1. The number of Topliss-reactive ketones (excluding diaryl/α,β-unsaturated/α-hetero) is 1. The standard InChI is InChI=1S/C15H18Cl2N2O2/c1-18(2)10-14(19-5-7-21-8-6-19)15(20)12-4-3-11(16)9-13(12)17/h3-4,9-10H,5-8H2,1-2H3. The fourth-order valence-electron chi connectivity index (χ4n) is 2.14. The monoisotopic (exact) mass is 328 g/mol. The van der Waals surface area contributed by atoms with Crippen LogP contribution in [0.3, 0.4) is 0 Å². The van der Waals surface area contributed by atoms with Crippen LogP contribution in [-0.2, 0) is 4.74 Å². The third kappa shape index (κ3) is 4.13. The van der Waals surface area contributed by atoms with Gasteiger partial charge in [-0.25, -0.2) is 0 Å². The number of ether oxygens (including phenoxy) is 1. The minimum absolute atomic E-state index is 0.104. The topological polar surface area (TPSA) is 32.8 Å². The van der Waals surface area contributed by atoms with Crippen LogP contribution in [0, 0.1) is 0 Å². The van der Waals surface area contributed by atoms with Crippen LogP contribution in [0.2, 0.25) is 10.0 Å². The van der Waals surface area contributed by atoms with Crippen molar-refractivity contribution in [3.8, 4) is 0 Å². The molecule has 0 N–H and O–H groups in total. The molecule has 1 aromatic rings. The zero-order valence-corrected chi connectivity index (χ0v) is 13.6. The Morgan fingerprint density at radius 2 is 1.95 bits per heavy atom. The molecule has 0 saturated carbocycles. The van der Waals surface area contributed by atoms with Gasteiger partial charge in [0.15, 0.2) is 0 Å². The number of ketones is 1. The lowest BCUT2D eigenvalue weighted by Gasteiger charge is -2.31. The molecular weight excluding hydrogens is 311 g/mol. The maximum Gasteiger partial charge on any atom is 0.212 e. The van der Waals surface area contributed by atoms with E-state index in [4.69, 9.17) is 27.9 Å². The molecule has 1 aliphatic rings. The van der Waals surface area contributed by atoms with Gasteiger partial charge in [0.25, 0.3) is 0 Å². The molecule has 1 aliphatic heterocycles. The summed E-state index contributed by atoms with van der Waals surface area (Å²) in [6, 6.07) is 4.92. The Balaban J connectivity index is 2.33. The summed E-state index contributed by atoms with van der Waals surface area (Å²) in [5.41, 5.74) is 1.08. The molecule has 21 heavy (non-hydrogen) atoms. The molecule has 0 atom stereocenters. The fraction of sp³-hybridized carbons (Fsp3) is 0.400. The van der Waals surface area contributed by atoms with Gasteiger partial charge in [0, 0.05) is 44.0 Å². The minimum Gasteiger partial charge on any atom is -0.382 e. The Hall–Kier alpha value is -1.23. The van der Waals surface area contributed by atoms with Crippen LogP contribution in [0.25, 0.3) is 0 Å². The lowest BCUT2D eigenvalue weighted by Crippen LogP contribution is -2.38. The molecule has 0 aromatic heterocycles. The predicted octanol–water partition coefficient (Wildman–Crippen LogP) is 2.91. The second kappa shape index (κ2) is 7.16. The fourth-order valence-corrected chi connectivity index (χ4v) is 2.64. The van der Waals surface area contributed by atoms with E-state index in [0.717, 1.165) is 0 Å². The first-order chi connectivity index (χ1) is 9.99. The van der Waals surface area contributed by atoms with Crippen molar-refractivity contribution in [2.24, 2.45) is 0 Å². The smallest absolute Gasteiger partial charge is 0.212 e. The molecule has 0 amide bonds. The highest BCUT2D eigenvalue weighted by molar-refractivity contribution is 6.37. The summed E-state index contributed by atoms with van der Waals surface area (Å²) in [4.78, 5) is 16.7. The first-order valence-electron chi connectivity index (χ1n) is 6.69. The second-order valence-corrected chi connectivity index (χ2v) is 5.87. The van der Waals surface area contributed by atoms with Gasteiger partial charge in [-0.3, -0.25) is 4.79 Å². The van der Waals surface area contributed by atoms with Gasteiger partial charge in [-0.1, -0.05) is 23.2 Å². The summed E-state index contributed by atoms with van der Waals surface area (Å²) in [6.45, 7) is 2.62. The van der Waals surface area contributed by atoms with E-state index in [1.807, 2.05) is 30.1 Å². The van der Waals surface area contributed by atoms with Gasteiger partial charge in [-0.15, -0.1) is 0 Å². The van der Waals surface area contributed by atoms with Gasteiger partial charge < -0.3 is 14.5 Å². The Labute approximate surface area is 134 Å². The quantitative estimate of drug-likeness (QED) is 0.628. The van der Waals surface area contributed by atoms with Gasteiger partial charge >= 0.3 is 0 Å². The summed E-state index contributed by atoms with van der Waals surface area (Å²) in [5.74, 6) is -0.104. The van der Waals surface area contributed by atoms with E-state index in [2.05, 4.69) is 0 Å². The van der Waals surface area contributed by atoms with Crippen LogP contribution in [0.5, 0.6) is 0 Å². The normalized spacial score (nSPS) is 16.0. The summed E-state index contributed by atoms with van der Waals surface area (Å²) >= 11 is 12.0. The molecule has 0 unspecified atom stereocenters. The summed E-state index contributed by atoms with van der Waals surface area (Å²) in [6.07, 6.45) is 1.82. The lowest BCUT2D eigenvalue weighted by atomic mass is 10.1. The zero-order valence-electron chi connectivity index (χ0n) is 12.1. The molecule has 1 heterocycles. The molecule has 114 valence electrons. The molecule has 1 saturated heterocycles. The van der Waals surface area contributed by atoms with Crippen molar-refractivity contribution >= 4 is 29.0 Å². The predicted molar refractivity (Wildman–Crippen MR) is 85.0 cm³/mol. The van der Waals surface area contributed by atoms with Crippen LogP contribution in [-0.4, -0.2) is 56.0 Å². The van der Waals surface area contributed by atoms with Crippen molar-refractivity contribution in [1.29, 1.82) is 0 Å². The average molecular weight is 329 g/mol. The first-order valence-corrected chi connectivity index (χ1v) is 7.45. The summed E-state index contributed by atoms with van der Waals surface area (Å²) in [7, 11) is 3.77. The molecular formula is C15H18Cl2N2O2. The molecule has 0 spiro atoms. The largest absolute Gasteiger partial charge is 0.382 e. The Morgan fingerprint density at radius 3 is 2.52 bits per heavy atom. The number of hydrogen-bond donors (Lipinski definition) is 0. The molecule has 0 bridgehead atoms. The number of rotatable bonds is 4. The summed E-state index contributed by atoms with van der Waals surface area (Å²) < 4.78 is 5.34. The number of halogens is 2. The molecule has 1 fully saturated rings. The van der Waals surface area contributed by atoms with E-state index in [9.17, 15) is 4.79 Å². The van der Waals surface area contributed by atoms with Crippen molar-refractivity contribution < 1.29 is 9.53 Å². The van der Waals surface area contributed by atoms with E-state index in [-0.39, 0.29) is 5.78 Å². The highest BCUT2D eigenvalue weighted by atomic mass is 35.5. The molecule has 1 aromatic carbocycles. The number of allylic oxidation sites excluding steroid dienone is 1. The number of carbonyl (C=O) groups excluding carboxylic acids is 1. The summed E-state index contributed by atoms with van der Waals surface area (Å²) in [5, 5.41) is 0.881. The van der Waals surface area contributed by atoms with Crippen molar-refractivity contribution in [1.82, 2.24) is 9.80 Å². The number of nitrogens with zero attached hydrogens (tertiary/aromatic N) is 2. The van der Waals surface area contributed by atoms with Gasteiger partial charge in [-0.05, 0) is 18.2 Å². The number of carbonyl (C=O) groups is 1. The van der Waals surface area contributed by atoms with E-state index in [1.165, 1.54) is 0 Å². The Bertz CT molecular complexity index is 553. The first kappa shape index (κ1) is 16.1. The number of benzene rings is 1. The highest BCUT2D eigenvalue weighted by Gasteiger charge is 2.23. The van der Waals surface area contributed by atoms with Crippen molar-refractivity contribution in [2.75, 3.05) is 40.4 Å². The van der Waals surface area contributed by atoms with E-state index in [1.54, 1.807) is 18.2 Å². The highest BCUT2D eigenvalue weighted by Crippen LogP contribution is 2.25.